The lowest BCUT2D eigenvalue weighted by Crippen LogP contribution is -2.34. The number of H-pyrrole nitrogens is 1. The Morgan fingerprint density at radius 1 is 0.677 bits per heavy atom. The molecule has 0 bridgehead atoms. The molecule has 2 aliphatic rings. The van der Waals surface area contributed by atoms with E-state index in [0.29, 0.717) is 0 Å². The van der Waals surface area contributed by atoms with Gasteiger partial charge in [0.1, 0.15) is 0 Å². The molecule has 3 heterocycles. The molecule has 0 fully saturated rings. The monoisotopic (exact) mass is 396 g/mol. The SMILES string of the molecule is C1=C(c2ccccc2)N2c3ccccc3-c3[nH]c4ccccc4c3C2c2ccccc21. The van der Waals surface area contributed by atoms with Crippen molar-refractivity contribution in [2.24, 2.45) is 0 Å². The Bertz CT molecular complexity index is 1490. The van der Waals surface area contributed by atoms with Crippen LogP contribution in [-0.2, 0) is 0 Å². The van der Waals surface area contributed by atoms with Crippen LogP contribution in [0.25, 0.3) is 33.9 Å². The zero-order valence-electron chi connectivity index (χ0n) is 16.9. The second-order valence-electron chi connectivity index (χ2n) is 8.27. The van der Waals surface area contributed by atoms with Gasteiger partial charge in [0.2, 0.25) is 0 Å². The summed E-state index contributed by atoms with van der Waals surface area (Å²) in [5.74, 6) is 0. The largest absolute Gasteiger partial charge is 0.354 e. The number of hydrogen-bond acceptors (Lipinski definition) is 1. The molecular formula is C29H20N2. The van der Waals surface area contributed by atoms with E-state index in [9.17, 15) is 0 Å². The molecule has 146 valence electrons. The van der Waals surface area contributed by atoms with Gasteiger partial charge in [0.05, 0.1) is 17.4 Å². The molecule has 2 heteroatoms. The van der Waals surface area contributed by atoms with E-state index in [2.05, 4.69) is 119 Å². The molecule has 2 aliphatic heterocycles. The molecule has 2 nitrogen and oxygen atoms in total. The Labute approximate surface area is 181 Å². The molecule has 1 N–H and O–H groups in total. The van der Waals surface area contributed by atoms with Crippen molar-refractivity contribution < 1.29 is 0 Å². The molecule has 0 aliphatic carbocycles. The second kappa shape index (κ2) is 6.23. The molecule has 4 aromatic carbocycles. The quantitative estimate of drug-likeness (QED) is 0.316. The van der Waals surface area contributed by atoms with Crippen molar-refractivity contribution in [2.75, 3.05) is 4.90 Å². The van der Waals surface area contributed by atoms with Crippen molar-refractivity contribution in [2.45, 2.75) is 6.04 Å². The molecule has 1 unspecified atom stereocenters. The number of fused-ring (bicyclic) bond motifs is 10. The maximum absolute atomic E-state index is 3.74. The Balaban J connectivity index is 1.63. The number of rotatable bonds is 1. The van der Waals surface area contributed by atoms with Crippen LogP contribution in [0.1, 0.15) is 28.3 Å². The van der Waals surface area contributed by atoms with Crippen LogP contribution in [0.2, 0.25) is 0 Å². The first-order valence-corrected chi connectivity index (χ1v) is 10.8. The number of hydrogen-bond donors (Lipinski definition) is 1. The molecule has 7 rings (SSSR count). The average Bonchev–Trinajstić information content (AvgIpc) is 3.24. The van der Waals surface area contributed by atoms with Crippen LogP contribution in [0.4, 0.5) is 5.69 Å². The zero-order valence-corrected chi connectivity index (χ0v) is 16.9. The highest BCUT2D eigenvalue weighted by Gasteiger charge is 2.39. The van der Waals surface area contributed by atoms with Crippen molar-refractivity contribution in [3.8, 4) is 11.3 Å². The Kier molecular flexibility index (Phi) is 3.36. The maximum Gasteiger partial charge on any atom is 0.0878 e. The minimum atomic E-state index is 0.123. The number of aromatic amines is 1. The van der Waals surface area contributed by atoms with Gasteiger partial charge in [-0.3, -0.25) is 0 Å². The van der Waals surface area contributed by atoms with E-state index in [0.717, 1.165) is 0 Å². The van der Waals surface area contributed by atoms with Gasteiger partial charge < -0.3 is 9.88 Å². The number of aromatic nitrogens is 1. The Morgan fingerprint density at radius 2 is 1.42 bits per heavy atom. The van der Waals surface area contributed by atoms with Crippen LogP contribution in [0.15, 0.2) is 103 Å². The van der Waals surface area contributed by atoms with E-state index in [1.165, 1.54) is 55.8 Å². The smallest absolute Gasteiger partial charge is 0.0878 e. The van der Waals surface area contributed by atoms with Crippen LogP contribution in [-0.4, -0.2) is 4.98 Å². The lowest BCUT2D eigenvalue weighted by atomic mass is 9.82. The minimum absolute atomic E-state index is 0.123. The van der Waals surface area contributed by atoms with Crippen LogP contribution in [0.3, 0.4) is 0 Å². The summed E-state index contributed by atoms with van der Waals surface area (Å²) in [6.07, 6.45) is 2.35. The topological polar surface area (TPSA) is 19.0 Å². The molecule has 1 aromatic heterocycles. The van der Waals surface area contributed by atoms with Gasteiger partial charge in [-0.1, -0.05) is 91.0 Å². The fourth-order valence-corrected chi connectivity index (χ4v) is 5.33. The highest BCUT2D eigenvalue weighted by atomic mass is 15.2. The predicted molar refractivity (Wildman–Crippen MR) is 129 cm³/mol. The van der Waals surface area contributed by atoms with Crippen LogP contribution in [0.5, 0.6) is 0 Å². The summed E-state index contributed by atoms with van der Waals surface area (Å²) in [6.45, 7) is 0. The van der Waals surface area contributed by atoms with Gasteiger partial charge in [-0.15, -0.1) is 0 Å². The Morgan fingerprint density at radius 3 is 2.35 bits per heavy atom. The van der Waals surface area contributed by atoms with Crippen LogP contribution in [0, 0.1) is 0 Å². The first-order valence-electron chi connectivity index (χ1n) is 10.8. The molecule has 0 amide bonds. The number of anilines is 1. The fraction of sp³-hybridized carbons (Fsp3) is 0.0345. The number of nitrogens with one attached hydrogen (secondary N) is 1. The average molecular weight is 396 g/mol. The molecular weight excluding hydrogens is 376 g/mol. The van der Waals surface area contributed by atoms with Crippen LogP contribution < -0.4 is 4.90 Å². The van der Waals surface area contributed by atoms with Gasteiger partial charge in [0, 0.05) is 27.7 Å². The third-order valence-corrected chi connectivity index (χ3v) is 6.62. The van der Waals surface area contributed by atoms with Gasteiger partial charge in [-0.05, 0) is 34.9 Å². The lowest BCUT2D eigenvalue weighted by molar-refractivity contribution is 0.813. The third-order valence-electron chi connectivity index (χ3n) is 6.62. The third kappa shape index (κ3) is 2.27. The van der Waals surface area contributed by atoms with Gasteiger partial charge >= 0.3 is 0 Å². The molecule has 0 spiro atoms. The van der Waals surface area contributed by atoms with Gasteiger partial charge in [0.15, 0.2) is 0 Å². The highest BCUT2D eigenvalue weighted by Crippen LogP contribution is 2.54. The summed E-state index contributed by atoms with van der Waals surface area (Å²) < 4.78 is 0. The van der Waals surface area contributed by atoms with Gasteiger partial charge in [-0.2, -0.15) is 0 Å². The maximum atomic E-state index is 3.74. The number of benzene rings is 4. The van der Waals surface area contributed by atoms with Gasteiger partial charge in [-0.25, -0.2) is 0 Å². The normalized spacial score (nSPS) is 16.2. The highest BCUT2D eigenvalue weighted by molar-refractivity contribution is 6.04. The second-order valence-corrected chi connectivity index (χ2v) is 8.27. The van der Waals surface area contributed by atoms with Crippen LogP contribution >= 0.6 is 0 Å². The Hall–Kier alpha value is -4.04. The number of para-hydroxylation sites is 2. The van der Waals surface area contributed by atoms with Crippen molar-refractivity contribution >= 4 is 28.4 Å². The van der Waals surface area contributed by atoms with E-state index in [4.69, 9.17) is 0 Å². The molecule has 31 heavy (non-hydrogen) atoms. The van der Waals surface area contributed by atoms with Crippen molar-refractivity contribution in [1.29, 1.82) is 0 Å². The van der Waals surface area contributed by atoms with E-state index in [1.807, 2.05) is 0 Å². The standard InChI is InChI=1S/C29H20N2/c1-2-10-19(11-3-1)26-18-20-12-4-5-13-21(20)29-27-22-14-6-8-16-24(22)30-28(27)23-15-7-9-17-25(23)31(26)29/h1-18,29-30H. The molecule has 1 atom stereocenters. The predicted octanol–water partition coefficient (Wildman–Crippen LogP) is 7.26. The molecule has 0 saturated heterocycles. The summed E-state index contributed by atoms with van der Waals surface area (Å²) in [6, 6.07) is 37.2. The summed E-state index contributed by atoms with van der Waals surface area (Å²) in [5, 5.41) is 1.30. The van der Waals surface area contributed by atoms with E-state index >= 15 is 0 Å². The van der Waals surface area contributed by atoms with E-state index in [-0.39, 0.29) is 6.04 Å². The molecule has 5 aromatic rings. The summed E-state index contributed by atoms with van der Waals surface area (Å²) in [4.78, 5) is 6.28. The minimum Gasteiger partial charge on any atom is -0.354 e. The fourth-order valence-electron chi connectivity index (χ4n) is 5.33. The first kappa shape index (κ1) is 16.7. The van der Waals surface area contributed by atoms with Crippen molar-refractivity contribution in [3.05, 3.63) is 125 Å². The first-order chi connectivity index (χ1) is 15.4. The summed E-state index contributed by atoms with van der Waals surface area (Å²) in [5.41, 5.74) is 11.4. The van der Waals surface area contributed by atoms with Crippen molar-refractivity contribution in [3.63, 3.8) is 0 Å². The number of nitrogens with zero attached hydrogens (tertiary/aromatic N) is 1. The van der Waals surface area contributed by atoms with E-state index < -0.39 is 0 Å². The lowest BCUT2D eigenvalue weighted by Gasteiger charge is -2.43. The van der Waals surface area contributed by atoms with Gasteiger partial charge in [0.25, 0.3) is 0 Å². The zero-order chi connectivity index (χ0) is 20.4. The summed E-state index contributed by atoms with van der Waals surface area (Å²) in [7, 11) is 0. The molecule has 0 saturated carbocycles. The summed E-state index contributed by atoms with van der Waals surface area (Å²) >= 11 is 0. The molecule has 0 radical (unpaired) electrons. The van der Waals surface area contributed by atoms with Crippen molar-refractivity contribution in [1.82, 2.24) is 4.98 Å². The van der Waals surface area contributed by atoms with E-state index in [1.54, 1.807) is 0 Å².